The van der Waals surface area contributed by atoms with Crippen LogP contribution in [0, 0.1) is 0 Å². The summed E-state index contributed by atoms with van der Waals surface area (Å²) in [4.78, 5) is 7.35. The lowest BCUT2D eigenvalue weighted by atomic mass is 9.95. The largest absolute Gasteiger partial charge is 0.389 e. The van der Waals surface area contributed by atoms with Crippen molar-refractivity contribution in [1.82, 2.24) is 14.5 Å². The molecule has 0 amide bonds. The lowest BCUT2D eigenvalue weighted by Crippen LogP contribution is -2.43. The number of hydrogen-bond donors (Lipinski definition) is 1. The van der Waals surface area contributed by atoms with Crippen LogP contribution < -0.4 is 0 Å². The fraction of sp³-hybridized carbons (Fsp3) is 0.632. The topological polar surface area (TPSA) is 41.3 Å². The molecule has 0 spiro atoms. The van der Waals surface area contributed by atoms with Crippen molar-refractivity contribution in [3.8, 4) is 0 Å². The number of rotatable bonds is 4. The van der Waals surface area contributed by atoms with Gasteiger partial charge in [0.05, 0.1) is 16.6 Å². The molecular weight excluding hydrogens is 286 g/mol. The average Bonchev–Trinajstić information content (AvgIpc) is 2.85. The van der Waals surface area contributed by atoms with Crippen molar-refractivity contribution in [3.05, 3.63) is 30.1 Å². The molecule has 0 aliphatic carbocycles. The highest BCUT2D eigenvalue weighted by atomic mass is 16.3. The molecule has 1 aliphatic rings. The fourth-order valence-corrected chi connectivity index (χ4v) is 3.85. The molecule has 1 atom stereocenters. The molecule has 2 aromatic rings. The van der Waals surface area contributed by atoms with Gasteiger partial charge in [-0.05, 0) is 59.2 Å². The zero-order chi connectivity index (χ0) is 16.6. The third kappa shape index (κ3) is 3.59. The van der Waals surface area contributed by atoms with Crippen LogP contribution in [-0.4, -0.2) is 44.8 Å². The average molecular weight is 315 g/mol. The molecular formula is C19H29N3O. The third-order valence-corrected chi connectivity index (χ3v) is 4.62. The van der Waals surface area contributed by atoms with Gasteiger partial charge < -0.3 is 9.67 Å². The first kappa shape index (κ1) is 16.5. The molecule has 4 nitrogen and oxygen atoms in total. The molecule has 1 aliphatic heterocycles. The second-order valence-corrected chi connectivity index (χ2v) is 7.81. The Balaban J connectivity index is 1.91. The van der Waals surface area contributed by atoms with Crippen molar-refractivity contribution in [2.24, 2.45) is 0 Å². The standard InChI is InChI=1S/C19H29N3O/c1-14(2)22-17-10-6-5-9-16(17)20-18(22)15-8-7-11-21(12-15)13-19(3,4)23/h5-6,9-10,14-15,23H,7-8,11-13H2,1-4H3. The Morgan fingerprint density at radius 3 is 2.74 bits per heavy atom. The Labute approximate surface area is 139 Å². The highest BCUT2D eigenvalue weighted by Gasteiger charge is 2.29. The summed E-state index contributed by atoms with van der Waals surface area (Å²) in [6, 6.07) is 8.83. The summed E-state index contributed by atoms with van der Waals surface area (Å²) in [6.07, 6.45) is 2.35. The zero-order valence-electron chi connectivity index (χ0n) is 14.8. The zero-order valence-corrected chi connectivity index (χ0v) is 14.8. The van der Waals surface area contributed by atoms with E-state index in [1.807, 2.05) is 13.8 Å². The van der Waals surface area contributed by atoms with Gasteiger partial charge in [-0.25, -0.2) is 4.98 Å². The number of imidazole rings is 1. The number of hydrogen-bond acceptors (Lipinski definition) is 3. The van der Waals surface area contributed by atoms with Crippen LogP contribution in [0.3, 0.4) is 0 Å². The molecule has 1 aromatic carbocycles. The molecule has 1 saturated heterocycles. The Hall–Kier alpha value is -1.39. The van der Waals surface area contributed by atoms with Crippen LogP contribution in [0.1, 0.15) is 58.3 Å². The smallest absolute Gasteiger partial charge is 0.114 e. The van der Waals surface area contributed by atoms with Gasteiger partial charge in [-0.2, -0.15) is 0 Å². The van der Waals surface area contributed by atoms with Gasteiger partial charge in [0, 0.05) is 25.0 Å². The number of β-amino-alcohol motifs (C(OH)–C–C–N with tert-alkyl or cyclic N) is 1. The molecule has 1 aromatic heterocycles. The van der Waals surface area contributed by atoms with Crippen molar-refractivity contribution in [2.45, 2.75) is 58.1 Å². The highest BCUT2D eigenvalue weighted by Crippen LogP contribution is 2.31. The molecule has 0 saturated carbocycles. The first-order valence-electron chi connectivity index (χ1n) is 8.77. The number of piperidine rings is 1. The van der Waals surface area contributed by atoms with E-state index in [2.05, 4.69) is 47.6 Å². The molecule has 1 fully saturated rings. The lowest BCUT2D eigenvalue weighted by molar-refractivity contribution is 0.0265. The van der Waals surface area contributed by atoms with E-state index in [1.165, 1.54) is 24.2 Å². The predicted molar refractivity (Wildman–Crippen MR) is 94.8 cm³/mol. The van der Waals surface area contributed by atoms with E-state index >= 15 is 0 Å². The molecule has 2 heterocycles. The summed E-state index contributed by atoms with van der Waals surface area (Å²) in [5, 5.41) is 10.1. The lowest BCUT2D eigenvalue weighted by Gasteiger charge is -2.36. The summed E-state index contributed by atoms with van der Waals surface area (Å²) in [7, 11) is 0. The molecule has 23 heavy (non-hydrogen) atoms. The maximum Gasteiger partial charge on any atom is 0.114 e. The minimum absolute atomic E-state index is 0.405. The van der Waals surface area contributed by atoms with E-state index in [0.717, 1.165) is 25.2 Å². The number of nitrogens with zero attached hydrogens (tertiary/aromatic N) is 3. The van der Waals surface area contributed by atoms with Crippen LogP contribution in [0.5, 0.6) is 0 Å². The van der Waals surface area contributed by atoms with Gasteiger partial charge in [-0.3, -0.25) is 4.90 Å². The van der Waals surface area contributed by atoms with E-state index in [9.17, 15) is 5.11 Å². The summed E-state index contributed by atoms with van der Waals surface area (Å²) in [5.74, 6) is 1.66. The van der Waals surface area contributed by atoms with E-state index in [-0.39, 0.29) is 0 Å². The second-order valence-electron chi connectivity index (χ2n) is 7.81. The van der Waals surface area contributed by atoms with Gasteiger partial charge in [0.1, 0.15) is 5.82 Å². The number of aromatic nitrogens is 2. The van der Waals surface area contributed by atoms with Crippen LogP contribution in [0.15, 0.2) is 24.3 Å². The van der Waals surface area contributed by atoms with Gasteiger partial charge in [0.15, 0.2) is 0 Å². The Morgan fingerprint density at radius 2 is 2.04 bits per heavy atom. The number of para-hydroxylation sites is 2. The number of likely N-dealkylation sites (tertiary alicyclic amines) is 1. The Bertz CT molecular complexity index is 669. The van der Waals surface area contributed by atoms with Crippen molar-refractivity contribution >= 4 is 11.0 Å². The van der Waals surface area contributed by atoms with Gasteiger partial charge in [-0.1, -0.05) is 12.1 Å². The first-order valence-corrected chi connectivity index (χ1v) is 8.77. The van der Waals surface area contributed by atoms with Crippen molar-refractivity contribution in [1.29, 1.82) is 0 Å². The van der Waals surface area contributed by atoms with E-state index in [1.54, 1.807) is 0 Å². The highest BCUT2D eigenvalue weighted by molar-refractivity contribution is 5.76. The minimum Gasteiger partial charge on any atom is -0.389 e. The van der Waals surface area contributed by atoms with Crippen LogP contribution in [0.4, 0.5) is 0 Å². The maximum atomic E-state index is 10.1. The SMILES string of the molecule is CC(C)n1c(C2CCCN(CC(C)(C)O)C2)nc2ccccc21. The van der Waals surface area contributed by atoms with Crippen LogP contribution in [-0.2, 0) is 0 Å². The molecule has 4 heteroatoms. The molecule has 1 unspecified atom stereocenters. The third-order valence-electron chi connectivity index (χ3n) is 4.62. The van der Waals surface area contributed by atoms with Crippen LogP contribution in [0.2, 0.25) is 0 Å². The van der Waals surface area contributed by atoms with E-state index < -0.39 is 5.60 Å². The summed E-state index contributed by atoms with van der Waals surface area (Å²) >= 11 is 0. The Morgan fingerprint density at radius 1 is 1.30 bits per heavy atom. The molecule has 0 radical (unpaired) electrons. The van der Waals surface area contributed by atoms with Crippen LogP contribution >= 0.6 is 0 Å². The van der Waals surface area contributed by atoms with E-state index in [4.69, 9.17) is 4.98 Å². The van der Waals surface area contributed by atoms with Crippen LogP contribution in [0.25, 0.3) is 11.0 Å². The molecule has 0 bridgehead atoms. The fourth-order valence-electron chi connectivity index (χ4n) is 3.85. The van der Waals surface area contributed by atoms with Gasteiger partial charge in [0.2, 0.25) is 0 Å². The minimum atomic E-state index is -0.639. The number of aliphatic hydroxyl groups is 1. The molecule has 3 rings (SSSR count). The normalized spacial score (nSPS) is 20.5. The number of benzene rings is 1. The van der Waals surface area contributed by atoms with E-state index in [0.29, 0.717) is 12.0 Å². The molecule has 126 valence electrons. The quantitative estimate of drug-likeness (QED) is 0.938. The van der Waals surface area contributed by atoms with Crippen molar-refractivity contribution in [3.63, 3.8) is 0 Å². The maximum absolute atomic E-state index is 10.1. The summed E-state index contributed by atoms with van der Waals surface area (Å²) in [5.41, 5.74) is 1.69. The summed E-state index contributed by atoms with van der Waals surface area (Å²) < 4.78 is 2.40. The van der Waals surface area contributed by atoms with Crippen molar-refractivity contribution < 1.29 is 5.11 Å². The first-order chi connectivity index (χ1) is 10.8. The molecule has 1 N–H and O–H groups in total. The van der Waals surface area contributed by atoms with Gasteiger partial charge in [0.25, 0.3) is 0 Å². The van der Waals surface area contributed by atoms with Gasteiger partial charge >= 0.3 is 0 Å². The van der Waals surface area contributed by atoms with Crippen molar-refractivity contribution in [2.75, 3.05) is 19.6 Å². The number of fused-ring (bicyclic) bond motifs is 1. The predicted octanol–water partition coefficient (Wildman–Crippen LogP) is 3.57. The Kier molecular flexibility index (Phi) is 4.47. The summed E-state index contributed by atoms with van der Waals surface area (Å²) in [6.45, 7) is 11.0. The monoisotopic (exact) mass is 315 g/mol. The second kappa shape index (κ2) is 6.25. The van der Waals surface area contributed by atoms with Gasteiger partial charge in [-0.15, -0.1) is 0 Å².